The summed E-state index contributed by atoms with van der Waals surface area (Å²) in [6, 6.07) is 10.2. The van der Waals surface area contributed by atoms with Crippen molar-refractivity contribution in [2.24, 2.45) is 7.05 Å². The van der Waals surface area contributed by atoms with E-state index in [1.807, 2.05) is 19.3 Å². The molecule has 1 fully saturated rings. The summed E-state index contributed by atoms with van der Waals surface area (Å²) in [5.74, 6) is 0.00251. The quantitative estimate of drug-likeness (QED) is 0.842. The summed E-state index contributed by atoms with van der Waals surface area (Å²) < 4.78 is 1.71. The molecular weight excluding hydrogens is 324 g/mol. The van der Waals surface area contributed by atoms with Gasteiger partial charge < -0.3 is 10.6 Å². The number of nitrogens with zero attached hydrogens (tertiary/aromatic N) is 2. The van der Waals surface area contributed by atoms with Gasteiger partial charge in [0.1, 0.15) is 6.04 Å². The molecule has 3 rings (SSSR count). The molecule has 5 nitrogen and oxygen atoms in total. The summed E-state index contributed by atoms with van der Waals surface area (Å²) in [4.78, 5) is 12.6. The highest BCUT2D eigenvalue weighted by Gasteiger charge is 2.39. The number of carbonyl (C=O) groups excluding carboxylic acids is 1. The van der Waals surface area contributed by atoms with Gasteiger partial charge in [-0.25, -0.2) is 0 Å². The number of aromatic nitrogens is 2. The van der Waals surface area contributed by atoms with Gasteiger partial charge >= 0.3 is 0 Å². The lowest BCUT2D eigenvalue weighted by molar-refractivity contribution is -0.123. The number of aryl methyl sites for hydroxylation is 1. The summed E-state index contributed by atoms with van der Waals surface area (Å²) in [7, 11) is 3.65. The molecule has 1 amide bonds. The Bertz CT molecular complexity index is 667. The minimum absolute atomic E-state index is 0. The Morgan fingerprint density at radius 3 is 2.54 bits per heavy atom. The van der Waals surface area contributed by atoms with Gasteiger partial charge in [0.25, 0.3) is 0 Å². The van der Waals surface area contributed by atoms with E-state index in [2.05, 4.69) is 40.0 Å². The van der Waals surface area contributed by atoms with Crippen molar-refractivity contribution in [1.29, 1.82) is 0 Å². The van der Waals surface area contributed by atoms with Crippen LogP contribution in [0.25, 0.3) is 0 Å². The molecule has 24 heavy (non-hydrogen) atoms. The zero-order chi connectivity index (χ0) is 16.3. The smallest absolute Gasteiger partial charge is 0.241 e. The molecule has 1 atom stereocenters. The van der Waals surface area contributed by atoms with Crippen LogP contribution in [0, 0.1) is 0 Å². The number of amides is 1. The molecule has 1 aliphatic rings. The lowest BCUT2D eigenvalue weighted by Gasteiger charge is -2.42. The normalized spacial score (nSPS) is 16.6. The number of nitrogens with one attached hydrogen (secondary N) is 2. The third-order valence-electron chi connectivity index (χ3n) is 4.91. The second-order valence-corrected chi connectivity index (χ2v) is 6.39. The van der Waals surface area contributed by atoms with Crippen molar-refractivity contribution in [1.82, 2.24) is 20.4 Å². The van der Waals surface area contributed by atoms with Gasteiger partial charge in [0, 0.05) is 30.8 Å². The largest absolute Gasteiger partial charge is 0.354 e. The number of likely N-dealkylation sites (N-methyl/N-ethyl adjacent to an activating group) is 1. The Kier molecular flexibility index (Phi) is 6.02. The Labute approximate surface area is 149 Å². The predicted molar refractivity (Wildman–Crippen MR) is 97.2 cm³/mol. The minimum Gasteiger partial charge on any atom is -0.354 e. The molecule has 1 aromatic heterocycles. The van der Waals surface area contributed by atoms with E-state index in [1.165, 1.54) is 12.0 Å². The first-order valence-corrected chi connectivity index (χ1v) is 8.14. The van der Waals surface area contributed by atoms with Crippen LogP contribution in [-0.2, 0) is 17.3 Å². The van der Waals surface area contributed by atoms with E-state index in [0.29, 0.717) is 6.54 Å². The second kappa shape index (κ2) is 7.81. The SMILES string of the molecule is CNC(C(=O)NCC1(c2ccccc2)CCC1)c1cnn(C)c1.Cl. The highest BCUT2D eigenvalue weighted by molar-refractivity contribution is 5.85. The number of halogens is 1. The van der Waals surface area contributed by atoms with Crippen LogP contribution in [-0.4, -0.2) is 29.3 Å². The first kappa shape index (κ1) is 18.5. The van der Waals surface area contributed by atoms with Crippen LogP contribution in [0.1, 0.15) is 36.4 Å². The number of rotatable bonds is 6. The van der Waals surface area contributed by atoms with Crippen molar-refractivity contribution in [3.63, 3.8) is 0 Å². The molecule has 1 aliphatic carbocycles. The molecule has 6 heteroatoms. The van der Waals surface area contributed by atoms with Gasteiger partial charge in [-0.1, -0.05) is 36.8 Å². The lowest BCUT2D eigenvalue weighted by Crippen LogP contribution is -2.47. The molecule has 1 unspecified atom stereocenters. The fourth-order valence-corrected chi connectivity index (χ4v) is 3.36. The Morgan fingerprint density at radius 2 is 2.04 bits per heavy atom. The van der Waals surface area contributed by atoms with E-state index in [-0.39, 0.29) is 29.8 Å². The molecule has 0 saturated heterocycles. The van der Waals surface area contributed by atoms with E-state index in [4.69, 9.17) is 0 Å². The molecule has 0 spiro atoms. The average molecular weight is 349 g/mol. The van der Waals surface area contributed by atoms with Crippen molar-refractivity contribution in [2.75, 3.05) is 13.6 Å². The van der Waals surface area contributed by atoms with Crippen molar-refractivity contribution in [3.05, 3.63) is 53.9 Å². The van der Waals surface area contributed by atoms with Gasteiger partial charge in [-0.05, 0) is 25.5 Å². The van der Waals surface area contributed by atoms with E-state index < -0.39 is 0 Å². The van der Waals surface area contributed by atoms with Gasteiger partial charge in [-0.2, -0.15) is 5.10 Å². The summed E-state index contributed by atoms with van der Waals surface area (Å²) in [6.07, 6.45) is 7.10. The second-order valence-electron chi connectivity index (χ2n) is 6.39. The molecule has 0 aliphatic heterocycles. The van der Waals surface area contributed by atoms with Gasteiger partial charge in [0.15, 0.2) is 0 Å². The van der Waals surface area contributed by atoms with E-state index in [0.717, 1.165) is 18.4 Å². The van der Waals surface area contributed by atoms with Crippen LogP contribution < -0.4 is 10.6 Å². The third-order valence-corrected chi connectivity index (χ3v) is 4.91. The molecule has 1 heterocycles. The molecule has 2 N–H and O–H groups in total. The van der Waals surface area contributed by atoms with Crippen molar-refractivity contribution in [2.45, 2.75) is 30.7 Å². The lowest BCUT2D eigenvalue weighted by atomic mass is 9.64. The summed E-state index contributed by atoms with van der Waals surface area (Å²) >= 11 is 0. The van der Waals surface area contributed by atoms with Gasteiger partial charge in [-0.15, -0.1) is 12.4 Å². The molecular formula is C18H25ClN4O. The number of hydrogen-bond donors (Lipinski definition) is 2. The Balaban J connectivity index is 0.00000208. The van der Waals surface area contributed by atoms with Gasteiger partial charge in [-0.3, -0.25) is 9.48 Å². The summed E-state index contributed by atoms with van der Waals surface area (Å²) in [5.41, 5.74) is 2.31. The monoisotopic (exact) mass is 348 g/mol. The first-order valence-electron chi connectivity index (χ1n) is 8.14. The Hall–Kier alpha value is -1.85. The van der Waals surface area contributed by atoms with Crippen LogP contribution in [0.4, 0.5) is 0 Å². The van der Waals surface area contributed by atoms with Crippen molar-refractivity contribution < 1.29 is 4.79 Å². The highest BCUT2D eigenvalue weighted by Crippen LogP contribution is 2.43. The van der Waals surface area contributed by atoms with Crippen molar-refractivity contribution in [3.8, 4) is 0 Å². The van der Waals surface area contributed by atoms with E-state index >= 15 is 0 Å². The zero-order valence-corrected chi connectivity index (χ0v) is 15.0. The molecule has 1 saturated carbocycles. The average Bonchev–Trinajstić information content (AvgIpc) is 2.94. The van der Waals surface area contributed by atoms with Crippen LogP contribution >= 0.6 is 12.4 Å². The van der Waals surface area contributed by atoms with Crippen LogP contribution in [0.3, 0.4) is 0 Å². The first-order chi connectivity index (χ1) is 11.1. The topological polar surface area (TPSA) is 59.0 Å². The fourth-order valence-electron chi connectivity index (χ4n) is 3.36. The summed E-state index contributed by atoms with van der Waals surface area (Å²) in [5, 5.41) is 10.4. The molecule has 0 radical (unpaired) electrons. The summed E-state index contributed by atoms with van der Waals surface area (Å²) in [6.45, 7) is 0.689. The van der Waals surface area contributed by atoms with Crippen molar-refractivity contribution >= 4 is 18.3 Å². The van der Waals surface area contributed by atoms with E-state index in [1.54, 1.807) is 17.9 Å². The van der Waals surface area contributed by atoms with Crippen LogP contribution in [0.15, 0.2) is 42.7 Å². The number of carbonyl (C=O) groups is 1. The molecule has 0 bridgehead atoms. The van der Waals surface area contributed by atoms with Gasteiger partial charge in [0.05, 0.1) is 6.20 Å². The number of hydrogen-bond acceptors (Lipinski definition) is 3. The highest BCUT2D eigenvalue weighted by atomic mass is 35.5. The van der Waals surface area contributed by atoms with Gasteiger partial charge in [0.2, 0.25) is 5.91 Å². The van der Waals surface area contributed by atoms with Crippen LogP contribution in [0.5, 0.6) is 0 Å². The number of benzene rings is 1. The molecule has 130 valence electrons. The molecule has 2 aromatic rings. The Morgan fingerprint density at radius 1 is 1.33 bits per heavy atom. The maximum Gasteiger partial charge on any atom is 0.241 e. The minimum atomic E-state index is -0.364. The fraction of sp³-hybridized carbons (Fsp3) is 0.444. The van der Waals surface area contributed by atoms with Crippen LogP contribution in [0.2, 0.25) is 0 Å². The predicted octanol–water partition coefficient (Wildman–Crippen LogP) is 2.34. The maximum absolute atomic E-state index is 12.6. The zero-order valence-electron chi connectivity index (χ0n) is 14.2. The van der Waals surface area contributed by atoms with E-state index in [9.17, 15) is 4.79 Å². The standard InChI is InChI=1S/C18H24N4O.ClH/c1-19-16(14-11-21-22(2)12-14)17(23)20-13-18(9-6-10-18)15-7-4-3-5-8-15;/h3-5,7-8,11-12,16,19H,6,9-10,13H2,1-2H3,(H,20,23);1H. The maximum atomic E-state index is 12.6. The molecule has 1 aromatic carbocycles. The third kappa shape index (κ3) is 3.62.